The molecule has 0 N–H and O–H groups in total. The first-order valence-corrected chi connectivity index (χ1v) is 5.59. The Kier molecular flexibility index (Phi) is 3.70. The fourth-order valence-corrected chi connectivity index (χ4v) is 1.76. The van der Waals surface area contributed by atoms with Crippen molar-refractivity contribution in [3.05, 3.63) is 35.4 Å². The fourth-order valence-electron chi connectivity index (χ4n) is 1.76. The first-order valence-electron chi connectivity index (χ1n) is 5.59. The number of carbonyl (C=O) groups is 1. The van der Waals surface area contributed by atoms with E-state index in [-0.39, 0.29) is 12.1 Å². The number of ether oxygens (including phenoxy) is 2. The molecule has 0 unspecified atom stereocenters. The average molecular weight is 220 g/mol. The third-order valence-corrected chi connectivity index (χ3v) is 2.72. The molecule has 16 heavy (non-hydrogen) atoms. The number of hydrogen-bond donors (Lipinski definition) is 0. The molecule has 0 aromatic heterocycles. The van der Waals surface area contributed by atoms with Crippen molar-refractivity contribution >= 4 is 5.78 Å². The molecule has 0 bridgehead atoms. The van der Waals surface area contributed by atoms with Gasteiger partial charge in [-0.15, -0.1) is 0 Å². The second kappa shape index (κ2) is 5.23. The van der Waals surface area contributed by atoms with E-state index in [0.717, 1.165) is 18.4 Å². The van der Waals surface area contributed by atoms with Gasteiger partial charge in [0.05, 0.1) is 13.2 Å². The van der Waals surface area contributed by atoms with E-state index in [1.165, 1.54) is 5.56 Å². The first kappa shape index (κ1) is 11.3. The van der Waals surface area contributed by atoms with Crippen LogP contribution in [0.15, 0.2) is 24.3 Å². The Morgan fingerprint density at radius 1 is 1.25 bits per heavy atom. The lowest BCUT2D eigenvalue weighted by atomic mass is 10.1. The predicted molar refractivity (Wildman–Crippen MR) is 60.5 cm³/mol. The zero-order valence-electron chi connectivity index (χ0n) is 9.44. The van der Waals surface area contributed by atoms with Crippen LogP contribution in [0.4, 0.5) is 0 Å². The molecule has 0 amide bonds. The molecule has 3 heteroatoms. The number of rotatable bonds is 4. The largest absolute Gasteiger partial charge is 0.350 e. The lowest BCUT2D eigenvalue weighted by molar-refractivity contribution is -0.0462. The molecule has 1 aliphatic heterocycles. The van der Waals surface area contributed by atoms with Crippen molar-refractivity contribution in [3.63, 3.8) is 0 Å². The Hall–Kier alpha value is -1.19. The van der Waals surface area contributed by atoms with Gasteiger partial charge in [-0.2, -0.15) is 0 Å². The number of benzene rings is 1. The maximum atomic E-state index is 11.1. The SMILES string of the molecule is CC(=O)c1ccc(CCC2OCCO2)cc1. The summed E-state index contributed by atoms with van der Waals surface area (Å²) < 4.78 is 10.7. The summed E-state index contributed by atoms with van der Waals surface area (Å²) in [4.78, 5) is 11.1. The third-order valence-electron chi connectivity index (χ3n) is 2.72. The summed E-state index contributed by atoms with van der Waals surface area (Å²) in [6.45, 7) is 2.98. The molecule has 1 aromatic carbocycles. The minimum absolute atomic E-state index is 0.0486. The topological polar surface area (TPSA) is 35.5 Å². The zero-order chi connectivity index (χ0) is 11.4. The standard InChI is InChI=1S/C13H16O3/c1-10(14)12-5-2-11(3-6-12)4-7-13-15-8-9-16-13/h2-3,5-6,13H,4,7-9H2,1H3. The Morgan fingerprint density at radius 2 is 1.88 bits per heavy atom. The van der Waals surface area contributed by atoms with Crippen LogP contribution in [0, 0.1) is 0 Å². The van der Waals surface area contributed by atoms with Gasteiger partial charge in [-0.1, -0.05) is 24.3 Å². The smallest absolute Gasteiger partial charge is 0.159 e. The summed E-state index contributed by atoms with van der Waals surface area (Å²) in [6.07, 6.45) is 1.75. The summed E-state index contributed by atoms with van der Waals surface area (Å²) in [6, 6.07) is 7.72. The maximum absolute atomic E-state index is 11.1. The van der Waals surface area contributed by atoms with Crippen molar-refractivity contribution in [1.82, 2.24) is 0 Å². The highest BCUT2D eigenvalue weighted by atomic mass is 16.7. The molecule has 86 valence electrons. The van der Waals surface area contributed by atoms with E-state index in [4.69, 9.17) is 9.47 Å². The highest BCUT2D eigenvalue weighted by Crippen LogP contribution is 2.13. The van der Waals surface area contributed by atoms with Crippen LogP contribution in [-0.2, 0) is 15.9 Å². The monoisotopic (exact) mass is 220 g/mol. The van der Waals surface area contributed by atoms with Crippen LogP contribution < -0.4 is 0 Å². The molecule has 1 fully saturated rings. The number of Topliss-reactive ketones (excluding diaryl/α,β-unsaturated/α-hetero) is 1. The lowest BCUT2D eigenvalue weighted by Gasteiger charge is -2.08. The van der Waals surface area contributed by atoms with Gasteiger partial charge in [-0.3, -0.25) is 4.79 Å². The summed E-state index contributed by atoms with van der Waals surface area (Å²) in [5.41, 5.74) is 1.97. The van der Waals surface area contributed by atoms with Crippen molar-refractivity contribution in [2.24, 2.45) is 0 Å². The van der Waals surface area contributed by atoms with Crippen LogP contribution in [0.5, 0.6) is 0 Å². The van der Waals surface area contributed by atoms with Crippen LogP contribution in [0.25, 0.3) is 0 Å². The molecular weight excluding hydrogens is 204 g/mol. The average Bonchev–Trinajstić information content (AvgIpc) is 2.80. The van der Waals surface area contributed by atoms with Gasteiger partial charge in [0.25, 0.3) is 0 Å². The summed E-state index contributed by atoms with van der Waals surface area (Å²) in [7, 11) is 0. The molecule has 1 heterocycles. The van der Waals surface area contributed by atoms with Crippen LogP contribution >= 0.6 is 0 Å². The fraction of sp³-hybridized carbons (Fsp3) is 0.462. The van der Waals surface area contributed by atoms with Gasteiger partial charge in [-0.25, -0.2) is 0 Å². The summed E-state index contributed by atoms with van der Waals surface area (Å²) in [5, 5.41) is 0. The second-order valence-electron chi connectivity index (χ2n) is 3.96. The van der Waals surface area contributed by atoms with Gasteiger partial charge >= 0.3 is 0 Å². The molecule has 1 aromatic rings. The normalized spacial score (nSPS) is 16.6. The van der Waals surface area contributed by atoms with Crippen LogP contribution in [-0.4, -0.2) is 25.3 Å². The predicted octanol–water partition coefficient (Wildman–Crippen LogP) is 2.19. The molecule has 2 rings (SSSR count). The van der Waals surface area contributed by atoms with E-state index in [0.29, 0.717) is 13.2 Å². The Bertz CT molecular complexity index is 350. The minimum Gasteiger partial charge on any atom is -0.350 e. The van der Waals surface area contributed by atoms with Gasteiger partial charge in [0, 0.05) is 12.0 Å². The van der Waals surface area contributed by atoms with Crippen molar-refractivity contribution in [2.75, 3.05) is 13.2 Å². The van der Waals surface area contributed by atoms with E-state index in [1.807, 2.05) is 24.3 Å². The molecule has 1 saturated heterocycles. The Balaban J connectivity index is 1.87. The highest BCUT2D eigenvalue weighted by molar-refractivity contribution is 5.93. The number of hydrogen-bond acceptors (Lipinski definition) is 3. The Labute approximate surface area is 95.4 Å². The molecular formula is C13H16O3. The maximum Gasteiger partial charge on any atom is 0.159 e. The second-order valence-corrected chi connectivity index (χ2v) is 3.96. The number of ketones is 1. The first-order chi connectivity index (χ1) is 7.75. The molecule has 0 radical (unpaired) electrons. The van der Waals surface area contributed by atoms with E-state index in [9.17, 15) is 4.79 Å². The van der Waals surface area contributed by atoms with Crippen LogP contribution in [0.1, 0.15) is 29.3 Å². The van der Waals surface area contributed by atoms with Gasteiger partial charge in [0.2, 0.25) is 0 Å². The molecule has 1 aliphatic rings. The van der Waals surface area contributed by atoms with Crippen molar-refractivity contribution < 1.29 is 14.3 Å². The summed E-state index contributed by atoms with van der Waals surface area (Å²) >= 11 is 0. The van der Waals surface area contributed by atoms with E-state index >= 15 is 0 Å². The molecule has 0 aliphatic carbocycles. The van der Waals surface area contributed by atoms with Crippen molar-refractivity contribution in [2.45, 2.75) is 26.1 Å². The molecule has 3 nitrogen and oxygen atoms in total. The summed E-state index contributed by atoms with van der Waals surface area (Å²) in [5.74, 6) is 0.106. The number of carbonyl (C=O) groups excluding carboxylic acids is 1. The van der Waals surface area contributed by atoms with Gasteiger partial charge < -0.3 is 9.47 Å². The van der Waals surface area contributed by atoms with Crippen LogP contribution in [0.2, 0.25) is 0 Å². The van der Waals surface area contributed by atoms with Crippen molar-refractivity contribution in [3.8, 4) is 0 Å². The quantitative estimate of drug-likeness (QED) is 0.730. The van der Waals surface area contributed by atoms with Crippen molar-refractivity contribution in [1.29, 1.82) is 0 Å². The van der Waals surface area contributed by atoms with Crippen LogP contribution in [0.3, 0.4) is 0 Å². The third kappa shape index (κ3) is 2.90. The molecule has 0 spiro atoms. The Morgan fingerprint density at radius 3 is 2.44 bits per heavy atom. The molecule has 0 atom stereocenters. The van der Waals surface area contributed by atoms with E-state index in [2.05, 4.69) is 0 Å². The van der Waals surface area contributed by atoms with Gasteiger partial charge in [0.15, 0.2) is 12.1 Å². The van der Waals surface area contributed by atoms with Gasteiger partial charge in [-0.05, 0) is 18.9 Å². The van der Waals surface area contributed by atoms with E-state index < -0.39 is 0 Å². The highest BCUT2D eigenvalue weighted by Gasteiger charge is 2.15. The van der Waals surface area contributed by atoms with E-state index in [1.54, 1.807) is 6.92 Å². The lowest BCUT2D eigenvalue weighted by Crippen LogP contribution is -2.08. The minimum atomic E-state index is -0.0486. The number of aryl methyl sites for hydroxylation is 1. The zero-order valence-corrected chi connectivity index (χ0v) is 9.44. The molecule has 0 saturated carbocycles. The van der Waals surface area contributed by atoms with Gasteiger partial charge in [0.1, 0.15) is 0 Å².